The summed E-state index contributed by atoms with van der Waals surface area (Å²) in [6.45, 7) is 10.1. The Morgan fingerprint density at radius 3 is 2.14 bits per heavy atom. The summed E-state index contributed by atoms with van der Waals surface area (Å²) >= 11 is 0. The number of hydrogen-bond donors (Lipinski definition) is 3. The summed E-state index contributed by atoms with van der Waals surface area (Å²) in [5, 5.41) is 3.43. The van der Waals surface area contributed by atoms with Crippen LogP contribution in [0, 0.1) is 34.6 Å². The van der Waals surface area contributed by atoms with Crippen LogP contribution in [0.4, 0.5) is 22.7 Å². The Hall–Kier alpha value is -4.12. The number of carbonyl (C=O) groups is 1. The largest absolute Gasteiger partial charge is 0.399 e. The molecule has 0 unspecified atom stereocenters. The van der Waals surface area contributed by atoms with Crippen LogP contribution in [0.25, 0.3) is 0 Å². The number of para-hydroxylation sites is 1. The number of benzene rings is 3. The van der Waals surface area contributed by atoms with Crippen LogP contribution in [0.2, 0.25) is 0 Å². The van der Waals surface area contributed by atoms with Crippen molar-refractivity contribution in [3.63, 3.8) is 0 Å². The summed E-state index contributed by atoms with van der Waals surface area (Å²) in [7, 11) is 0. The van der Waals surface area contributed by atoms with Gasteiger partial charge in [0.1, 0.15) is 0 Å². The van der Waals surface area contributed by atoms with E-state index in [1.165, 1.54) is 0 Å². The summed E-state index contributed by atoms with van der Waals surface area (Å²) in [6.07, 6.45) is 4.07. The van der Waals surface area contributed by atoms with Crippen molar-refractivity contribution in [3.05, 3.63) is 105 Å². The van der Waals surface area contributed by atoms with Gasteiger partial charge < -0.3 is 16.8 Å². The summed E-state index contributed by atoms with van der Waals surface area (Å²) in [5.41, 5.74) is 23.8. The second kappa shape index (κ2) is 9.63. The lowest BCUT2D eigenvalue weighted by atomic mass is 9.91. The van der Waals surface area contributed by atoms with E-state index in [1.807, 2.05) is 89.2 Å². The molecule has 4 rings (SSSR count). The van der Waals surface area contributed by atoms with Crippen LogP contribution < -0.4 is 16.8 Å². The Morgan fingerprint density at radius 2 is 1.43 bits per heavy atom. The first-order valence-electron chi connectivity index (χ1n) is 11.7. The van der Waals surface area contributed by atoms with Crippen LogP contribution in [0.3, 0.4) is 0 Å². The molecule has 1 aliphatic carbocycles. The zero-order valence-corrected chi connectivity index (χ0v) is 21.0. The fraction of sp³-hybridized carbons (Fsp3) is 0.200. The number of hydrogen-bond acceptors (Lipinski definition) is 5. The molecule has 0 fully saturated rings. The number of allylic oxidation sites excluding steroid dienone is 3. The van der Waals surface area contributed by atoms with Crippen LogP contribution in [0.5, 0.6) is 0 Å². The smallest absolute Gasteiger partial charge is 0.184 e. The van der Waals surface area contributed by atoms with Crippen LogP contribution in [0.15, 0.2) is 76.9 Å². The van der Waals surface area contributed by atoms with Crippen LogP contribution in [-0.2, 0) is 11.2 Å². The minimum atomic E-state index is -0.0286. The highest BCUT2D eigenvalue weighted by atomic mass is 16.1. The molecule has 0 saturated carbocycles. The number of nitrogens with zero attached hydrogens (tertiary/aromatic N) is 1. The van der Waals surface area contributed by atoms with Gasteiger partial charge >= 0.3 is 0 Å². The van der Waals surface area contributed by atoms with E-state index in [4.69, 9.17) is 16.5 Å². The minimum Gasteiger partial charge on any atom is -0.399 e. The van der Waals surface area contributed by atoms with E-state index in [2.05, 4.69) is 5.32 Å². The Labute approximate surface area is 207 Å². The molecule has 0 atom stereocenters. The van der Waals surface area contributed by atoms with Gasteiger partial charge in [0.2, 0.25) is 0 Å². The lowest BCUT2D eigenvalue weighted by Gasteiger charge is -2.20. The molecule has 0 aliphatic heterocycles. The molecule has 35 heavy (non-hydrogen) atoms. The first-order chi connectivity index (χ1) is 16.7. The van der Waals surface area contributed by atoms with Crippen molar-refractivity contribution in [2.24, 2.45) is 4.99 Å². The van der Waals surface area contributed by atoms with Crippen molar-refractivity contribution in [2.45, 2.75) is 41.0 Å². The fourth-order valence-corrected chi connectivity index (χ4v) is 4.17. The van der Waals surface area contributed by atoms with Crippen molar-refractivity contribution < 1.29 is 4.79 Å². The molecule has 0 radical (unpaired) electrons. The molecule has 0 bridgehead atoms. The zero-order chi connectivity index (χ0) is 25.3. The Morgan fingerprint density at radius 1 is 0.771 bits per heavy atom. The summed E-state index contributed by atoms with van der Waals surface area (Å²) < 4.78 is 0. The molecule has 1 aliphatic rings. The van der Waals surface area contributed by atoms with Gasteiger partial charge in [0.15, 0.2) is 5.78 Å². The molecule has 3 aromatic rings. The van der Waals surface area contributed by atoms with Gasteiger partial charge in [-0.3, -0.25) is 4.79 Å². The molecular weight excluding hydrogens is 432 g/mol. The molecule has 0 spiro atoms. The number of ketones is 1. The monoisotopic (exact) mass is 464 g/mol. The number of aliphatic imine (C=N–C) groups is 1. The Bertz CT molecular complexity index is 1430. The number of carbonyl (C=O) groups excluding carboxylic acids is 1. The quantitative estimate of drug-likeness (QED) is 0.309. The van der Waals surface area contributed by atoms with Gasteiger partial charge in [-0.25, -0.2) is 4.99 Å². The number of anilines is 3. The molecule has 5 nitrogen and oxygen atoms in total. The fourth-order valence-electron chi connectivity index (χ4n) is 4.17. The van der Waals surface area contributed by atoms with Crippen molar-refractivity contribution in [1.29, 1.82) is 0 Å². The lowest BCUT2D eigenvalue weighted by molar-refractivity contribution is -0.111. The molecule has 0 amide bonds. The Balaban J connectivity index is 1.79. The van der Waals surface area contributed by atoms with E-state index in [-0.39, 0.29) is 5.78 Å². The van der Waals surface area contributed by atoms with Gasteiger partial charge in [-0.2, -0.15) is 0 Å². The number of nitrogen functional groups attached to an aromatic ring is 2. The van der Waals surface area contributed by atoms with Gasteiger partial charge in [0.05, 0.1) is 17.1 Å². The molecule has 5 N–H and O–H groups in total. The van der Waals surface area contributed by atoms with E-state index in [0.717, 1.165) is 56.1 Å². The molecular formula is C30H32N4O. The van der Waals surface area contributed by atoms with E-state index in [1.54, 1.807) is 6.08 Å². The van der Waals surface area contributed by atoms with Crippen molar-refractivity contribution >= 4 is 34.2 Å². The van der Waals surface area contributed by atoms with Gasteiger partial charge in [-0.05, 0) is 98.3 Å². The number of rotatable bonds is 5. The summed E-state index contributed by atoms with van der Waals surface area (Å²) in [5.74, 6) is -0.0286. The second-order valence-corrected chi connectivity index (χ2v) is 9.19. The third kappa shape index (κ3) is 4.90. The van der Waals surface area contributed by atoms with E-state index >= 15 is 0 Å². The predicted octanol–water partition coefficient (Wildman–Crippen LogP) is 6.21. The summed E-state index contributed by atoms with van der Waals surface area (Å²) in [4.78, 5) is 18.2. The maximum absolute atomic E-state index is 13.2. The van der Waals surface area contributed by atoms with Crippen molar-refractivity contribution in [1.82, 2.24) is 0 Å². The number of nitrogens with two attached hydrogens (primary N) is 2. The van der Waals surface area contributed by atoms with Gasteiger partial charge in [-0.15, -0.1) is 0 Å². The molecule has 0 aromatic heterocycles. The molecule has 0 heterocycles. The highest BCUT2D eigenvalue weighted by Gasteiger charge is 2.21. The van der Waals surface area contributed by atoms with E-state index < -0.39 is 0 Å². The highest BCUT2D eigenvalue weighted by Crippen LogP contribution is 2.30. The molecule has 3 aromatic carbocycles. The predicted molar refractivity (Wildman–Crippen MR) is 147 cm³/mol. The number of nitrogens with one attached hydrogen (secondary N) is 1. The first-order valence-corrected chi connectivity index (χ1v) is 11.7. The minimum absolute atomic E-state index is 0.0286. The van der Waals surface area contributed by atoms with Crippen LogP contribution >= 0.6 is 0 Å². The number of aryl methyl sites for hydroxylation is 1. The average Bonchev–Trinajstić information content (AvgIpc) is 2.83. The highest BCUT2D eigenvalue weighted by molar-refractivity contribution is 6.23. The van der Waals surface area contributed by atoms with Crippen molar-refractivity contribution in [3.8, 4) is 0 Å². The van der Waals surface area contributed by atoms with E-state index in [9.17, 15) is 4.79 Å². The van der Waals surface area contributed by atoms with Gasteiger partial charge in [0.25, 0.3) is 0 Å². The maximum atomic E-state index is 13.2. The standard InChI is InChI=1S/C30H32N4O/c1-17-8-6-7-9-26(17)33-29-16-30(35)23(14-22-10-11-24(31)19(3)18(22)2)15-28(29)34-27-13-12-25(32)20(4)21(27)5/h6-13,15-16,33H,14,31-32H2,1-5H3. The third-order valence-corrected chi connectivity index (χ3v) is 6.96. The topological polar surface area (TPSA) is 93.5 Å². The molecule has 178 valence electrons. The molecule has 0 saturated heterocycles. The normalized spacial score (nSPS) is 14.7. The average molecular weight is 465 g/mol. The lowest BCUT2D eigenvalue weighted by Crippen LogP contribution is -2.20. The SMILES string of the molecule is Cc1ccccc1NC1=CC(=O)C(Cc2ccc(N)c(C)c2C)=CC1=Nc1ccc(N)c(C)c1C. The first kappa shape index (κ1) is 24.0. The van der Waals surface area contributed by atoms with Crippen molar-refractivity contribution in [2.75, 3.05) is 16.8 Å². The van der Waals surface area contributed by atoms with E-state index in [0.29, 0.717) is 23.4 Å². The van der Waals surface area contributed by atoms with Gasteiger partial charge in [0, 0.05) is 35.1 Å². The second-order valence-electron chi connectivity index (χ2n) is 9.19. The van der Waals surface area contributed by atoms with Crippen LogP contribution in [0.1, 0.15) is 33.4 Å². The zero-order valence-electron chi connectivity index (χ0n) is 21.0. The maximum Gasteiger partial charge on any atom is 0.184 e. The van der Waals surface area contributed by atoms with Gasteiger partial charge in [-0.1, -0.05) is 24.3 Å². The Kier molecular flexibility index (Phi) is 6.61. The summed E-state index contributed by atoms with van der Waals surface area (Å²) in [6, 6.07) is 15.7. The third-order valence-electron chi connectivity index (χ3n) is 6.96. The van der Waals surface area contributed by atoms with Crippen LogP contribution in [-0.4, -0.2) is 11.5 Å². The molecule has 5 heteroatoms.